The predicted octanol–water partition coefficient (Wildman–Crippen LogP) is -2.52. The van der Waals surface area contributed by atoms with Crippen LogP contribution < -0.4 is 16.0 Å². The summed E-state index contributed by atoms with van der Waals surface area (Å²) in [5, 5.41) is 68.4. The van der Waals surface area contributed by atoms with Crippen molar-refractivity contribution in [3.63, 3.8) is 0 Å². The Balaban J connectivity index is 0.889. The molecule has 26 heteroatoms. The monoisotopic (exact) mass is 1060 g/mol. The number of aliphatic hydroxyl groups excluding tert-OH is 4. The number of ether oxygens (including phenoxy) is 8. The van der Waals surface area contributed by atoms with Gasteiger partial charge >= 0.3 is 5.97 Å². The maximum absolute atomic E-state index is 12.8. The second-order valence-corrected chi connectivity index (χ2v) is 17.0. The number of nitrogens with one attached hydrogen (secondary N) is 3. The van der Waals surface area contributed by atoms with E-state index in [4.69, 9.17) is 37.9 Å². The minimum Gasteiger partial charge on any atom is -0.477 e. The first kappa shape index (κ1) is 59.7. The number of hydrogen-bond donors (Lipinski definition) is 8. The maximum Gasteiger partial charge on any atom is 0.364 e. The van der Waals surface area contributed by atoms with E-state index in [0.717, 1.165) is 16.0 Å². The Bertz CT molecular complexity index is 2250. The standard InChI is InChI=1S/C49H67N7O19/c57-32-42(62)52-45-38(58)29-49(48(66)67,75-47(45)46(65)39(59)30-51-41(61)28-34-6-8-36(9-7-34)35-4-2-1-3-5-35)74-27-26-72-24-25-73-33-37-31-55(54-53-37)15-17-69-19-21-71-23-22-70-20-18-68-16-12-40(60)50-13-14-56-43(63)10-11-44(56)64/h1-11,31,38-39,45-47,57-59,65H,12-30,32-33H2,(H,50,60)(H,51,61)(H,52,62)(H,66,67)/t38-,39+,45+,46+,47+,49+/m0/s1. The zero-order chi connectivity index (χ0) is 53.8. The van der Waals surface area contributed by atoms with E-state index in [1.807, 2.05) is 42.5 Å². The van der Waals surface area contributed by atoms with Crippen LogP contribution in [0.3, 0.4) is 0 Å². The van der Waals surface area contributed by atoms with E-state index < -0.39 is 85.4 Å². The molecule has 1 saturated heterocycles. The van der Waals surface area contributed by atoms with Crippen molar-refractivity contribution in [2.45, 2.75) is 68.7 Å². The first-order chi connectivity index (χ1) is 36.3. The van der Waals surface area contributed by atoms with Crippen molar-refractivity contribution in [2.75, 3.05) is 106 Å². The van der Waals surface area contributed by atoms with Gasteiger partial charge in [0, 0.05) is 44.6 Å². The highest BCUT2D eigenvalue weighted by atomic mass is 16.7. The molecular weight excluding hydrogens is 991 g/mol. The largest absolute Gasteiger partial charge is 0.477 e. The van der Waals surface area contributed by atoms with Crippen molar-refractivity contribution in [1.82, 2.24) is 35.8 Å². The first-order valence-corrected chi connectivity index (χ1v) is 24.3. The van der Waals surface area contributed by atoms with E-state index in [1.165, 1.54) is 12.2 Å². The van der Waals surface area contributed by atoms with Gasteiger partial charge in [0.2, 0.25) is 17.7 Å². The summed E-state index contributed by atoms with van der Waals surface area (Å²) in [6.07, 6.45) is -3.81. The smallest absolute Gasteiger partial charge is 0.364 e. The minimum absolute atomic E-state index is 0.0529. The molecule has 3 aromatic rings. The summed E-state index contributed by atoms with van der Waals surface area (Å²) < 4.78 is 46.0. The predicted molar refractivity (Wildman–Crippen MR) is 259 cm³/mol. The molecule has 0 spiro atoms. The molecule has 0 radical (unpaired) electrons. The fraction of sp³-hybridized carbons (Fsp3) is 0.551. The van der Waals surface area contributed by atoms with Crippen LogP contribution in [0.4, 0.5) is 0 Å². The zero-order valence-electron chi connectivity index (χ0n) is 41.4. The number of amides is 5. The lowest BCUT2D eigenvalue weighted by molar-refractivity contribution is -0.312. The van der Waals surface area contributed by atoms with E-state index in [-0.39, 0.29) is 71.5 Å². The summed E-state index contributed by atoms with van der Waals surface area (Å²) in [5.74, 6) is -6.74. The molecule has 0 aliphatic carbocycles. The van der Waals surface area contributed by atoms with Gasteiger partial charge in [-0.25, -0.2) is 9.48 Å². The van der Waals surface area contributed by atoms with Crippen LogP contribution in [0.25, 0.3) is 11.1 Å². The van der Waals surface area contributed by atoms with Gasteiger partial charge in [-0.15, -0.1) is 5.10 Å². The van der Waals surface area contributed by atoms with Crippen LogP contribution in [0.2, 0.25) is 0 Å². The third-order valence-electron chi connectivity index (χ3n) is 11.4. The van der Waals surface area contributed by atoms with Gasteiger partial charge in [-0.05, 0) is 16.7 Å². The number of hydrogen-bond acceptors (Lipinski definition) is 20. The van der Waals surface area contributed by atoms with Gasteiger partial charge in [0.25, 0.3) is 17.6 Å². The Hall–Kier alpha value is -6.14. The van der Waals surface area contributed by atoms with Crippen molar-refractivity contribution in [3.8, 4) is 11.1 Å². The molecule has 412 valence electrons. The third-order valence-corrected chi connectivity index (χ3v) is 11.4. The molecule has 2 aromatic carbocycles. The Morgan fingerprint density at radius 3 is 1.97 bits per heavy atom. The summed E-state index contributed by atoms with van der Waals surface area (Å²) in [5.41, 5.74) is 3.20. The van der Waals surface area contributed by atoms with Crippen LogP contribution in [-0.2, 0) is 86.2 Å². The van der Waals surface area contributed by atoms with Crippen molar-refractivity contribution in [1.29, 1.82) is 0 Å². The average molecular weight is 1060 g/mol. The number of carbonyl (C=O) groups excluding carboxylic acids is 5. The molecule has 0 saturated carbocycles. The maximum atomic E-state index is 12.8. The molecule has 6 atom stereocenters. The van der Waals surface area contributed by atoms with Gasteiger partial charge in [-0.2, -0.15) is 0 Å². The Morgan fingerprint density at radius 1 is 0.733 bits per heavy atom. The van der Waals surface area contributed by atoms with Crippen LogP contribution in [0.5, 0.6) is 0 Å². The summed E-state index contributed by atoms with van der Waals surface area (Å²) in [7, 11) is 0. The summed E-state index contributed by atoms with van der Waals surface area (Å²) in [6, 6.07) is 15.5. The molecule has 0 bridgehead atoms. The average Bonchev–Trinajstić information content (AvgIpc) is 4.00. The van der Waals surface area contributed by atoms with Crippen molar-refractivity contribution in [3.05, 3.63) is 84.2 Å². The number of benzene rings is 2. The number of rotatable bonds is 37. The molecule has 75 heavy (non-hydrogen) atoms. The number of aliphatic hydroxyl groups is 4. The van der Waals surface area contributed by atoms with E-state index >= 15 is 0 Å². The van der Waals surface area contributed by atoms with E-state index in [2.05, 4.69) is 26.3 Å². The van der Waals surface area contributed by atoms with E-state index in [9.17, 15) is 54.3 Å². The lowest BCUT2D eigenvalue weighted by Gasteiger charge is -2.46. The molecule has 2 aliphatic rings. The molecule has 1 fully saturated rings. The molecule has 2 aliphatic heterocycles. The first-order valence-electron chi connectivity index (χ1n) is 24.3. The fourth-order valence-corrected chi connectivity index (χ4v) is 7.51. The lowest BCUT2D eigenvalue weighted by Crippen LogP contribution is -2.68. The highest BCUT2D eigenvalue weighted by Gasteiger charge is 2.56. The highest BCUT2D eigenvalue weighted by Crippen LogP contribution is 2.33. The third kappa shape index (κ3) is 20.5. The Labute approximate surface area is 432 Å². The van der Waals surface area contributed by atoms with Crippen LogP contribution in [0.1, 0.15) is 24.1 Å². The molecule has 5 amide bonds. The Kier molecular flexibility index (Phi) is 25.8. The second-order valence-electron chi connectivity index (χ2n) is 17.0. The summed E-state index contributed by atoms with van der Waals surface area (Å²) in [6.45, 7) is 1.60. The van der Waals surface area contributed by atoms with E-state index in [1.54, 1.807) is 23.0 Å². The molecule has 26 nitrogen and oxygen atoms in total. The molecule has 3 heterocycles. The number of aromatic nitrogens is 3. The number of nitrogens with zero attached hydrogens (tertiary/aromatic N) is 4. The number of aliphatic carboxylic acids is 1. The van der Waals surface area contributed by atoms with E-state index in [0.29, 0.717) is 64.1 Å². The quantitative estimate of drug-likeness (QED) is 0.0218. The van der Waals surface area contributed by atoms with Gasteiger partial charge in [-0.3, -0.25) is 28.9 Å². The van der Waals surface area contributed by atoms with Gasteiger partial charge in [-0.1, -0.05) is 59.8 Å². The summed E-state index contributed by atoms with van der Waals surface area (Å²) >= 11 is 0. The van der Waals surface area contributed by atoms with Crippen molar-refractivity contribution >= 4 is 35.5 Å². The number of carbonyl (C=O) groups is 6. The van der Waals surface area contributed by atoms with Crippen molar-refractivity contribution in [2.24, 2.45) is 0 Å². The highest BCUT2D eigenvalue weighted by molar-refractivity contribution is 6.12. The van der Waals surface area contributed by atoms with Crippen LogP contribution >= 0.6 is 0 Å². The molecule has 5 rings (SSSR count). The van der Waals surface area contributed by atoms with Gasteiger partial charge in [0.05, 0.1) is 123 Å². The van der Waals surface area contributed by atoms with Crippen molar-refractivity contribution < 1.29 is 92.2 Å². The van der Waals surface area contributed by atoms with Crippen LogP contribution in [-0.4, -0.2) is 223 Å². The molecular formula is C49H67N7O19. The lowest BCUT2D eigenvalue weighted by atomic mass is 9.88. The number of carboxylic acids is 1. The van der Waals surface area contributed by atoms with Crippen LogP contribution in [0, 0.1) is 0 Å². The SMILES string of the molecule is O=C(CCOCCOCCOCCOCCn1cc(COCCOCCO[C@]2(C(=O)O)C[C@H](O)[C@@H](NC(=O)CO)[C@H]([C@H](O)[C@H](O)CNC(=O)Cc3ccc(-c4ccccc4)cc3)O2)nn1)NCCN1C(=O)C=CC1=O. The summed E-state index contributed by atoms with van der Waals surface area (Å²) in [4.78, 5) is 73.5. The zero-order valence-corrected chi connectivity index (χ0v) is 41.4. The Morgan fingerprint density at radius 2 is 1.33 bits per heavy atom. The van der Waals surface area contributed by atoms with Crippen LogP contribution in [0.15, 0.2) is 72.9 Å². The number of carboxylic acid groups (broad SMARTS) is 1. The topological polar surface area (TPSA) is 347 Å². The molecule has 1 aromatic heterocycles. The number of imide groups is 1. The fourth-order valence-electron chi connectivity index (χ4n) is 7.51. The normalized spacial score (nSPS) is 19.3. The minimum atomic E-state index is -2.56. The van der Waals surface area contributed by atoms with Gasteiger partial charge < -0.3 is 79.4 Å². The second kappa shape index (κ2) is 32.3. The molecule has 0 unspecified atom stereocenters. The van der Waals surface area contributed by atoms with Gasteiger partial charge in [0.1, 0.15) is 24.5 Å². The molecule has 8 N–H and O–H groups in total. The van der Waals surface area contributed by atoms with Gasteiger partial charge in [0.15, 0.2) is 0 Å².